The third kappa shape index (κ3) is 3.86. The first-order valence-corrected chi connectivity index (χ1v) is 8.55. The van der Waals surface area contributed by atoms with E-state index >= 15 is 0 Å². The Hall–Kier alpha value is -2.53. The Balaban J connectivity index is 1.83. The van der Waals surface area contributed by atoms with Crippen LogP contribution in [0.1, 0.15) is 18.1 Å². The van der Waals surface area contributed by atoms with E-state index in [0.717, 1.165) is 17.0 Å². The molecule has 24 heavy (non-hydrogen) atoms. The molecule has 0 saturated carbocycles. The molecule has 0 aliphatic carbocycles. The summed E-state index contributed by atoms with van der Waals surface area (Å²) in [6.45, 7) is 4.55. The van der Waals surface area contributed by atoms with Gasteiger partial charge in [-0.2, -0.15) is 0 Å². The molecule has 0 unspecified atom stereocenters. The van der Waals surface area contributed by atoms with Gasteiger partial charge >= 0.3 is 0 Å². The number of hydrogen-bond acceptors (Lipinski definition) is 4. The van der Waals surface area contributed by atoms with E-state index in [1.807, 2.05) is 68.5 Å². The first kappa shape index (κ1) is 16.3. The van der Waals surface area contributed by atoms with Crippen LogP contribution in [0.3, 0.4) is 0 Å². The summed E-state index contributed by atoms with van der Waals surface area (Å²) in [5.41, 5.74) is 2.88. The maximum Gasteiger partial charge on any atom is 0.264 e. The van der Waals surface area contributed by atoms with Gasteiger partial charge in [0.1, 0.15) is 5.75 Å². The fourth-order valence-corrected chi connectivity index (χ4v) is 3.08. The molecule has 0 radical (unpaired) electrons. The number of nitrogens with one attached hydrogen (secondary N) is 1. The highest BCUT2D eigenvalue weighted by Gasteiger charge is 2.24. The fourth-order valence-electron chi connectivity index (χ4n) is 2.25. The summed E-state index contributed by atoms with van der Waals surface area (Å²) < 4.78 is 5.60. The summed E-state index contributed by atoms with van der Waals surface area (Å²) in [5, 5.41) is 3.39. The Morgan fingerprint density at radius 3 is 2.67 bits per heavy atom. The molecular formula is C19H18N2O2S. The molecule has 0 spiro atoms. The third-order valence-electron chi connectivity index (χ3n) is 3.42. The molecule has 1 fully saturated rings. The number of aryl methyl sites for hydroxylation is 1. The van der Waals surface area contributed by atoms with Gasteiger partial charge in [0.15, 0.2) is 5.17 Å². The molecule has 2 aromatic rings. The molecule has 0 atom stereocenters. The lowest BCUT2D eigenvalue weighted by molar-refractivity contribution is -0.115. The number of thioether (sulfide) groups is 1. The van der Waals surface area contributed by atoms with Crippen molar-refractivity contribution in [2.75, 3.05) is 6.61 Å². The van der Waals surface area contributed by atoms with Gasteiger partial charge in [-0.1, -0.05) is 35.9 Å². The van der Waals surface area contributed by atoms with E-state index in [-0.39, 0.29) is 5.91 Å². The highest BCUT2D eigenvalue weighted by Crippen LogP contribution is 2.30. The smallest absolute Gasteiger partial charge is 0.264 e. The lowest BCUT2D eigenvalue weighted by atomic mass is 10.2. The Morgan fingerprint density at radius 2 is 1.92 bits per heavy atom. The first-order valence-electron chi connectivity index (χ1n) is 7.74. The van der Waals surface area contributed by atoms with Gasteiger partial charge in [0.2, 0.25) is 0 Å². The van der Waals surface area contributed by atoms with Gasteiger partial charge in [0.25, 0.3) is 5.91 Å². The van der Waals surface area contributed by atoms with Crippen molar-refractivity contribution in [2.24, 2.45) is 4.99 Å². The minimum absolute atomic E-state index is 0.142. The number of amides is 1. The number of ether oxygens (including phenoxy) is 1. The first-order chi connectivity index (χ1) is 11.7. The van der Waals surface area contributed by atoms with Crippen molar-refractivity contribution in [3.63, 3.8) is 0 Å². The van der Waals surface area contributed by atoms with Crippen molar-refractivity contribution < 1.29 is 9.53 Å². The summed E-state index contributed by atoms with van der Waals surface area (Å²) >= 11 is 1.33. The summed E-state index contributed by atoms with van der Waals surface area (Å²) in [5.74, 6) is 0.627. The van der Waals surface area contributed by atoms with E-state index in [0.29, 0.717) is 16.7 Å². The fraction of sp³-hybridized carbons (Fsp3) is 0.158. The van der Waals surface area contributed by atoms with Crippen LogP contribution in [0.2, 0.25) is 0 Å². The summed E-state index contributed by atoms with van der Waals surface area (Å²) in [7, 11) is 0. The predicted octanol–water partition coefficient (Wildman–Crippen LogP) is 4.29. The molecule has 1 N–H and O–H groups in total. The summed E-state index contributed by atoms with van der Waals surface area (Å²) in [6, 6.07) is 15.5. The quantitative estimate of drug-likeness (QED) is 0.846. The van der Waals surface area contributed by atoms with E-state index in [4.69, 9.17) is 4.74 Å². The maximum absolute atomic E-state index is 12.2. The van der Waals surface area contributed by atoms with Crippen molar-refractivity contribution in [1.29, 1.82) is 0 Å². The number of benzene rings is 2. The molecule has 0 aromatic heterocycles. The maximum atomic E-state index is 12.2. The Labute approximate surface area is 145 Å². The molecule has 1 saturated heterocycles. The number of amidine groups is 1. The standard InChI is InChI=1S/C19H18N2O2S/c1-3-23-16-7-5-4-6-14(16)12-17-18(22)21-19(24-17)20-15-10-8-13(2)9-11-15/h4-12H,3H2,1-2H3,(H,20,21,22)/b17-12-. The van der Waals surface area contributed by atoms with Crippen LogP contribution in [0.5, 0.6) is 5.75 Å². The van der Waals surface area contributed by atoms with Crippen molar-refractivity contribution in [2.45, 2.75) is 13.8 Å². The van der Waals surface area contributed by atoms with Crippen LogP contribution in [-0.4, -0.2) is 17.7 Å². The zero-order valence-electron chi connectivity index (χ0n) is 13.6. The van der Waals surface area contributed by atoms with E-state index in [1.54, 1.807) is 0 Å². The van der Waals surface area contributed by atoms with E-state index in [1.165, 1.54) is 17.3 Å². The van der Waals surface area contributed by atoms with Gasteiger partial charge in [-0.25, -0.2) is 4.99 Å². The Kier molecular flexibility index (Phi) is 5.01. The second-order valence-corrected chi connectivity index (χ2v) is 6.32. The van der Waals surface area contributed by atoms with Crippen molar-refractivity contribution in [3.8, 4) is 5.75 Å². The molecular weight excluding hydrogens is 320 g/mol. The van der Waals surface area contributed by atoms with Gasteiger partial charge in [0.05, 0.1) is 17.2 Å². The molecule has 5 heteroatoms. The lowest BCUT2D eigenvalue weighted by Gasteiger charge is -2.06. The SMILES string of the molecule is CCOc1ccccc1/C=C1\SC(=Nc2ccc(C)cc2)NC1=O. The van der Waals surface area contributed by atoms with Crippen LogP contribution in [0, 0.1) is 6.92 Å². The number of hydrogen-bond donors (Lipinski definition) is 1. The zero-order chi connectivity index (χ0) is 16.9. The number of carbonyl (C=O) groups excluding carboxylic acids is 1. The average Bonchev–Trinajstić information content (AvgIpc) is 2.91. The number of para-hydroxylation sites is 1. The van der Waals surface area contributed by atoms with Gasteiger partial charge in [-0.15, -0.1) is 0 Å². The average molecular weight is 338 g/mol. The second-order valence-electron chi connectivity index (χ2n) is 5.29. The van der Waals surface area contributed by atoms with E-state index in [9.17, 15) is 4.79 Å². The predicted molar refractivity (Wildman–Crippen MR) is 99.6 cm³/mol. The molecule has 0 bridgehead atoms. The van der Waals surface area contributed by atoms with Gasteiger partial charge in [-0.3, -0.25) is 4.79 Å². The normalized spacial score (nSPS) is 17.3. The number of aliphatic imine (C=N–C) groups is 1. The Bertz CT molecular complexity index is 810. The highest BCUT2D eigenvalue weighted by atomic mass is 32.2. The highest BCUT2D eigenvalue weighted by molar-refractivity contribution is 8.18. The van der Waals surface area contributed by atoms with Gasteiger partial charge in [-0.05, 0) is 49.9 Å². The second kappa shape index (κ2) is 7.36. The van der Waals surface area contributed by atoms with Crippen LogP contribution in [0.15, 0.2) is 58.4 Å². The molecule has 4 nitrogen and oxygen atoms in total. The molecule has 1 heterocycles. The number of nitrogens with zero attached hydrogens (tertiary/aromatic N) is 1. The molecule has 3 rings (SSSR count). The van der Waals surface area contributed by atoms with E-state index in [2.05, 4.69) is 10.3 Å². The summed E-state index contributed by atoms with van der Waals surface area (Å²) in [6.07, 6.45) is 1.84. The minimum atomic E-state index is -0.142. The van der Waals surface area contributed by atoms with Crippen molar-refractivity contribution >= 4 is 34.6 Å². The Morgan fingerprint density at radius 1 is 1.17 bits per heavy atom. The largest absolute Gasteiger partial charge is 0.493 e. The molecule has 1 aliphatic rings. The van der Waals surface area contributed by atoms with E-state index < -0.39 is 0 Å². The molecule has 2 aromatic carbocycles. The molecule has 122 valence electrons. The monoisotopic (exact) mass is 338 g/mol. The number of rotatable bonds is 4. The minimum Gasteiger partial charge on any atom is -0.493 e. The number of carbonyl (C=O) groups is 1. The topological polar surface area (TPSA) is 50.7 Å². The third-order valence-corrected chi connectivity index (χ3v) is 4.33. The zero-order valence-corrected chi connectivity index (χ0v) is 14.4. The molecule has 1 aliphatic heterocycles. The van der Waals surface area contributed by atoms with Crippen molar-refractivity contribution in [1.82, 2.24) is 5.32 Å². The van der Waals surface area contributed by atoms with Crippen LogP contribution in [0.4, 0.5) is 5.69 Å². The lowest BCUT2D eigenvalue weighted by Crippen LogP contribution is -2.19. The van der Waals surface area contributed by atoms with Crippen LogP contribution >= 0.6 is 11.8 Å². The van der Waals surface area contributed by atoms with Gasteiger partial charge < -0.3 is 10.1 Å². The van der Waals surface area contributed by atoms with Crippen LogP contribution in [0.25, 0.3) is 6.08 Å². The van der Waals surface area contributed by atoms with Crippen LogP contribution in [-0.2, 0) is 4.79 Å². The van der Waals surface area contributed by atoms with Crippen LogP contribution < -0.4 is 10.1 Å². The molecule has 1 amide bonds. The van der Waals surface area contributed by atoms with Crippen molar-refractivity contribution in [3.05, 3.63) is 64.6 Å². The summed E-state index contributed by atoms with van der Waals surface area (Å²) in [4.78, 5) is 17.3. The van der Waals surface area contributed by atoms with Gasteiger partial charge in [0, 0.05) is 5.56 Å².